The molecule has 0 atom stereocenters. The fourth-order valence-corrected chi connectivity index (χ4v) is 2.75. The lowest BCUT2D eigenvalue weighted by atomic mass is 10.1. The molecule has 148 valence electrons. The average Bonchev–Trinajstić information content (AvgIpc) is 2.73. The molecular weight excluding hydrogens is 417 g/mol. The van der Waals surface area contributed by atoms with Crippen molar-refractivity contribution in [2.45, 2.75) is 6.92 Å². The summed E-state index contributed by atoms with van der Waals surface area (Å²) in [6.45, 7) is 1.98. The van der Waals surface area contributed by atoms with Crippen LogP contribution in [0.15, 0.2) is 59.5 Å². The zero-order valence-electron chi connectivity index (χ0n) is 15.2. The summed E-state index contributed by atoms with van der Waals surface area (Å²) >= 11 is 11.6. The lowest BCUT2D eigenvalue weighted by molar-refractivity contribution is 0.0526. The van der Waals surface area contributed by atoms with Gasteiger partial charge in [-0.25, -0.2) is 4.79 Å². The number of benzene rings is 2. The van der Waals surface area contributed by atoms with E-state index in [4.69, 9.17) is 27.9 Å². The van der Waals surface area contributed by atoms with E-state index in [0.29, 0.717) is 22.5 Å². The highest BCUT2D eigenvalue weighted by Gasteiger charge is 2.12. The number of carbonyl (C=O) groups is 2. The third-order valence-corrected chi connectivity index (χ3v) is 4.63. The number of nitrogens with zero attached hydrogens (tertiary/aromatic N) is 2. The van der Waals surface area contributed by atoms with Crippen LogP contribution in [-0.2, 0) is 4.74 Å². The molecule has 0 saturated carbocycles. The van der Waals surface area contributed by atoms with Crippen LogP contribution >= 0.6 is 23.2 Å². The van der Waals surface area contributed by atoms with E-state index in [-0.39, 0.29) is 22.6 Å². The highest BCUT2D eigenvalue weighted by Crippen LogP contribution is 2.17. The Balaban J connectivity index is 1.78. The number of esters is 1. The van der Waals surface area contributed by atoms with E-state index < -0.39 is 11.5 Å². The van der Waals surface area contributed by atoms with Crippen molar-refractivity contribution in [2.75, 3.05) is 11.9 Å². The van der Waals surface area contributed by atoms with E-state index in [1.807, 2.05) is 0 Å². The Morgan fingerprint density at radius 3 is 2.52 bits per heavy atom. The molecule has 0 unspecified atom stereocenters. The van der Waals surface area contributed by atoms with Gasteiger partial charge in [0.15, 0.2) is 0 Å². The average molecular weight is 432 g/mol. The molecule has 0 saturated heterocycles. The number of hydrogen-bond acceptors (Lipinski definition) is 5. The number of amides is 1. The molecule has 0 aliphatic rings. The third-order valence-electron chi connectivity index (χ3n) is 3.88. The van der Waals surface area contributed by atoms with Gasteiger partial charge in [-0.3, -0.25) is 9.59 Å². The zero-order chi connectivity index (χ0) is 21.0. The van der Waals surface area contributed by atoms with Gasteiger partial charge in [0.1, 0.15) is 5.02 Å². The van der Waals surface area contributed by atoms with Crippen molar-refractivity contribution in [3.63, 3.8) is 0 Å². The van der Waals surface area contributed by atoms with Crippen LogP contribution in [-0.4, -0.2) is 28.3 Å². The molecule has 7 nitrogen and oxygen atoms in total. The second kappa shape index (κ2) is 8.89. The molecule has 3 aromatic rings. The molecular formula is C20H15Cl2N3O4. The Kier molecular flexibility index (Phi) is 6.31. The molecule has 0 spiro atoms. The number of halogens is 2. The molecule has 3 rings (SSSR count). The van der Waals surface area contributed by atoms with Crippen molar-refractivity contribution in [1.82, 2.24) is 9.78 Å². The number of nitrogens with one attached hydrogen (secondary N) is 1. The van der Waals surface area contributed by atoms with Crippen molar-refractivity contribution in [3.05, 3.63) is 86.3 Å². The Hall–Kier alpha value is -3.16. The summed E-state index contributed by atoms with van der Waals surface area (Å²) in [6.07, 6.45) is 1.27. The maximum Gasteiger partial charge on any atom is 0.338 e. The highest BCUT2D eigenvalue weighted by atomic mass is 35.5. The van der Waals surface area contributed by atoms with Gasteiger partial charge in [-0.1, -0.05) is 29.3 Å². The normalized spacial score (nSPS) is 10.4. The Labute approximate surface area is 175 Å². The molecule has 0 radical (unpaired) electrons. The zero-order valence-corrected chi connectivity index (χ0v) is 16.7. The van der Waals surface area contributed by atoms with E-state index in [0.717, 1.165) is 4.68 Å². The van der Waals surface area contributed by atoms with Crippen molar-refractivity contribution < 1.29 is 14.3 Å². The van der Waals surface area contributed by atoms with E-state index in [2.05, 4.69) is 10.4 Å². The van der Waals surface area contributed by atoms with E-state index >= 15 is 0 Å². The smallest absolute Gasteiger partial charge is 0.338 e. The van der Waals surface area contributed by atoms with Crippen LogP contribution in [0.2, 0.25) is 10.0 Å². The van der Waals surface area contributed by atoms with Gasteiger partial charge in [-0.15, -0.1) is 0 Å². The molecule has 29 heavy (non-hydrogen) atoms. The lowest BCUT2D eigenvalue weighted by Crippen LogP contribution is -2.21. The molecule has 0 aliphatic carbocycles. The minimum atomic E-state index is -0.563. The number of ether oxygens (including phenoxy) is 1. The van der Waals surface area contributed by atoms with Crippen LogP contribution in [0.3, 0.4) is 0 Å². The number of anilines is 1. The Morgan fingerprint density at radius 2 is 1.83 bits per heavy atom. The molecule has 0 aliphatic heterocycles. The van der Waals surface area contributed by atoms with Crippen molar-refractivity contribution in [1.29, 1.82) is 0 Å². The second-order valence-corrected chi connectivity index (χ2v) is 6.61. The SMILES string of the molecule is CCOC(=O)c1cccc(NC(=O)c2ccc(-n3ncc(Cl)c(Cl)c3=O)cc2)c1. The third kappa shape index (κ3) is 4.64. The second-order valence-electron chi connectivity index (χ2n) is 5.83. The van der Waals surface area contributed by atoms with Gasteiger partial charge < -0.3 is 10.1 Å². The molecule has 2 aromatic carbocycles. The van der Waals surface area contributed by atoms with Crippen LogP contribution in [0, 0.1) is 0 Å². The van der Waals surface area contributed by atoms with E-state index in [1.54, 1.807) is 37.3 Å². The fraction of sp³-hybridized carbons (Fsp3) is 0.100. The van der Waals surface area contributed by atoms with Crippen LogP contribution in [0.5, 0.6) is 0 Å². The topological polar surface area (TPSA) is 90.3 Å². The number of aromatic nitrogens is 2. The Morgan fingerprint density at radius 1 is 1.10 bits per heavy atom. The fourth-order valence-electron chi connectivity index (χ4n) is 2.49. The first-order chi connectivity index (χ1) is 13.9. The van der Waals surface area contributed by atoms with Gasteiger partial charge in [0, 0.05) is 11.3 Å². The van der Waals surface area contributed by atoms with Crippen molar-refractivity contribution in [2.24, 2.45) is 0 Å². The maximum absolute atomic E-state index is 12.5. The van der Waals surface area contributed by atoms with E-state index in [1.165, 1.54) is 24.4 Å². The molecule has 0 bridgehead atoms. The van der Waals surface area contributed by atoms with Crippen LogP contribution in [0.25, 0.3) is 5.69 Å². The summed E-state index contributed by atoms with van der Waals surface area (Å²) in [5.74, 6) is -0.848. The maximum atomic E-state index is 12.5. The first kappa shape index (κ1) is 20.6. The lowest BCUT2D eigenvalue weighted by Gasteiger charge is -2.09. The van der Waals surface area contributed by atoms with Gasteiger partial charge in [-0.2, -0.15) is 9.78 Å². The number of rotatable bonds is 5. The number of hydrogen-bond donors (Lipinski definition) is 1. The summed E-state index contributed by atoms with van der Waals surface area (Å²) < 4.78 is 6.03. The summed E-state index contributed by atoms with van der Waals surface area (Å²) in [5, 5.41) is 6.58. The predicted molar refractivity (Wildman–Crippen MR) is 110 cm³/mol. The summed E-state index contributed by atoms with van der Waals surface area (Å²) in [5.41, 5.74) is 1.00. The van der Waals surface area contributed by atoms with Crippen LogP contribution in [0.1, 0.15) is 27.6 Å². The molecule has 1 aromatic heterocycles. The van der Waals surface area contributed by atoms with Crippen molar-refractivity contribution in [3.8, 4) is 5.69 Å². The monoisotopic (exact) mass is 431 g/mol. The first-order valence-corrected chi connectivity index (χ1v) is 9.28. The van der Waals surface area contributed by atoms with E-state index in [9.17, 15) is 14.4 Å². The predicted octanol–water partition coefficient (Wildman–Crippen LogP) is 3.97. The standard InChI is InChI=1S/C20H15Cl2N3O4/c1-2-29-20(28)13-4-3-5-14(10-13)24-18(26)12-6-8-15(9-7-12)25-19(27)17(22)16(21)11-23-25/h3-11H,2H2,1H3,(H,24,26). The molecule has 0 fully saturated rings. The molecule has 9 heteroatoms. The Bertz CT molecular complexity index is 1130. The quantitative estimate of drug-likeness (QED) is 0.617. The van der Waals surface area contributed by atoms with Crippen LogP contribution < -0.4 is 10.9 Å². The highest BCUT2D eigenvalue weighted by molar-refractivity contribution is 6.41. The summed E-state index contributed by atoms with van der Waals surface area (Å²) in [7, 11) is 0. The molecule has 1 amide bonds. The number of carbonyl (C=O) groups excluding carboxylic acids is 2. The van der Waals surface area contributed by atoms with Gasteiger partial charge in [0.2, 0.25) is 0 Å². The summed E-state index contributed by atoms with van der Waals surface area (Å²) in [4.78, 5) is 36.4. The van der Waals surface area contributed by atoms with Gasteiger partial charge in [-0.05, 0) is 49.4 Å². The van der Waals surface area contributed by atoms with Gasteiger partial charge >= 0.3 is 5.97 Å². The molecule has 1 heterocycles. The first-order valence-electron chi connectivity index (χ1n) is 8.53. The largest absolute Gasteiger partial charge is 0.462 e. The molecule has 1 N–H and O–H groups in total. The van der Waals surface area contributed by atoms with Gasteiger partial charge in [0.05, 0.1) is 29.1 Å². The minimum absolute atomic E-state index is 0.0639. The van der Waals surface area contributed by atoms with Crippen LogP contribution in [0.4, 0.5) is 5.69 Å². The minimum Gasteiger partial charge on any atom is -0.462 e. The summed E-state index contributed by atoms with van der Waals surface area (Å²) in [6, 6.07) is 12.6. The van der Waals surface area contributed by atoms with Gasteiger partial charge in [0.25, 0.3) is 11.5 Å². The van der Waals surface area contributed by atoms with Crippen molar-refractivity contribution >= 4 is 40.8 Å².